The number of thiocarbonyl (C=S) groups is 1. The molecule has 1 unspecified atom stereocenters. The lowest BCUT2D eigenvalue weighted by Crippen LogP contribution is -2.39. The van der Waals surface area contributed by atoms with Crippen molar-refractivity contribution in [2.45, 2.75) is 12.5 Å². The topological polar surface area (TPSA) is 90.7 Å². The molecule has 0 bridgehead atoms. The van der Waals surface area contributed by atoms with Crippen molar-refractivity contribution in [1.29, 1.82) is 0 Å². The van der Waals surface area contributed by atoms with Crippen molar-refractivity contribution in [3.63, 3.8) is 0 Å². The second-order valence-electron chi connectivity index (χ2n) is 8.68. The Bertz CT molecular complexity index is 1510. The molecule has 2 aromatic carbocycles. The van der Waals surface area contributed by atoms with Gasteiger partial charge in [-0.1, -0.05) is 42.2 Å². The number of aromatic nitrogens is 2. The van der Waals surface area contributed by atoms with E-state index in [0.29, 0.717) is 46.1 Å². The fourth-order valence-electron chi connectivity index (χ4n) is 4.54. The van der Waals surface area contributed by atoms with Crippen LogP contribution in [0.4, 0.5) is 0 Å². The monoisotopic (exact) mass is 539 g/mol. The second kappa shape index (κ2) is 9.06. The van der Waals surface area contributed by atoms with Gasteiger partial charge < -0.3 is 9.47 Å². The lowest BCUT2D eigenvalue weighted by Gasteiger charge is -2.20. The number of hydrogen-bond acceptors (Lipinski definition) is 8. The van der Waals surface area contributed by atoms with Gasteiger partial charge in [0.25, 0.3) is 5.91 Å². The fourth-order valence-corrected chi connectivity index (χ4v) is 7.63. The lowest BCUT2D eigenvalue weighted by molar-refractivity contribution is -0.123. The van der Waals surface area contributed by atoms with E-state index in [9.17, 15) is 13.2 Å². The summed E-state index contributed by atoms with van der Waals surface area (Å²) in [5.41, 5.74) is 3.09. The number of ether oxygens (including phenoxy) is 2. The molecule has 1 atom stereocenters. The minimum Gasteiger partial charge on any atom is -0.486 e. The van der Waals surface area contributed by atoms with Crippen LogP contribution in [0.15, 0.2) is 59.6 Å². The molecule has 0 N–H and O–H groups in total. The van der Waals surface area contributed by atoms with Gasteiger partial charge in [0.1, 0.15) is 23.2 Å². The number of carbonyl (C=O) groups is 1. The highest BCUT2D eigenvalue weighted by Crippen LogP contribution is 2.39. The van der Waals surface area contributed by atoms with Crippen LogP contribution in [0.3, 0.4) is 0 Å². The molecule has 3 aliphatic heterocycles. The molecule has 6 rings (SSSR count). The number of benzene rings is 2. The van der Waals surface area contributed by atoms with Crippen molar-refractivity contribution in [1.82, 2.24) is 14.7 Å². The van der Waals surface area contributed by atoms with Crippen LogP contribution in [-0.2, 0) is 14.6 Å². The summed E-state index contributed by atoms with van der Waals surface area (Å²) in [5.74, 6) is 1.08. The van der Waals surface area contributed by atoms with Gasteiger partial charge in [-0.05, 0) is 42.8 Å². The third-order valence-electron chi connectivity index (χ3n) is 6.26. The first kappa shape index (κ1) is 23.3. The minimum atomic E-state index is -3.15. The number of amides is 1. The standard InChI is InChI=1S/C25H21N3O5S3/c29-24-22(35-25(34)28(24)19-8-11-36(30,31)15-19)13-17-14-27(18-4-2-1-3-5-18)26-23(17)16-6-7-20-21(12-16)33-10-9-32-20/h1-7,12-14,19H,8-11,15H2/b22-13-. The van der Waals surface area contributed by atoms with Crippen molar-refractivity contribution in [2.75, 3.05) is 24.7 Å². The molecule has 36 heavy (non-hydrogen) atoms. The molecule has 0 radical (unpaired) electrons. The van der Waals surface area contributed by atoms with Gasteiger partial charge in [-0.3, -0.25) is 9.69 Å². The number of thioether (sulfide) groups is 1. The highest BCUT2D eigenvalue weighted by atomic mass is 32.2. The van der Waals surface area contributed by atoms with Crippen molar-refractivity contribution in [3.05, 3.63) is 65.2 Å². The fraction of sp³-hybridized carbons (Fsp3) is 0.240. The molecule has 1 amide bonds. The van der Waals surface area contributed by atoms with Gasteiger partial charge in [0.05, 0.1) is 28.1 Å². The predicted octanol–water partition coefficient (Wildman–Crippen LogP) is 3.70. The first-order chi connectivity index (χ1) is 17.4. The molecule has 0 spiro atoms. The number of rotatable bonds is 4. The van der Waals surface area contributed by atoms with Gasteiger partial charge in [-0.2, -0.15) is 5.10 Å². The average molecular weight is 540 g/mol. The number of nitrogens with zero attached hydrogens (tertiary/aromatic N) is 3. The van der Waals surface area contributed by atoms with Gasteiger partial charge >= 0.3 is 0 Å². The molecule has 3 aliphatic rings. The van der Waals surface area contributed by atoms with E-state index in [1.54, 1.807) is 10.8 Å². The third kappa shape index (κ3) is 4.31. The van der Waals surface area contributed by atoms with Crippen LogP contribution in [0.2, 0.25) is 0 Å². The van der Waals surface area contributed by atoms with E-state index >= 15 is 0 Å². The zero-order chi connectivity index (χ0) is 24.9. The van der Waals surface area contributed by atoms with E-state index in [1.807, 2.05) is 54.7 Å². The number of carbonyl (C=O) groups excluding carboxylic acids is 1. The summed E-state index contributed by atoms with van der Waals surface area (Å²) in [6, 6.07) is 14.9. The van der Waals surface area contributed by atoms with Crippen LogP contribution in [0.1, 0.15) is 12.0 Å². The highest BCUT2D eigenvalue weighted by Gasteiger charge is 2.42. The van der Waals surface area contributed by atoms with E-state index < -0.39 is 15.9 Å². The molecule has 0 aliphatic carbocycles. The SMILES string of the molecule is O=C1/C(=C/c2cn(-c3ccccc3)nc2-c2ccc3c(c2)OCCO3)SC(=S)N1C1CCS(=O)(=O)C1. The quantitative estimate of drug-likeness (QED) is 0.366. The summed E-state index contributed by atoms with van der Waals surface area (Å²) in [4.78, 5) is 15.2. The molecule has 11 heteroatoms. The minimum absolute atomic E-state index is 0.0545. The highest BCUT2D eigenvalue weighted by molar-refractivity contribution is 8.26. The maximum absolute atomic E-state index is 13.3. The van der Waals surface area contributed by atoms with E-state index in [2.05, 4.69) is 0 Å². The molecule has 3 aromatic rings. The summed E-state index contributed by atoms with van der Waals surface area (Å²) < 4.78 is 37.5. The average Bonchev–Trinajstić information content (AvgIpc) is 3.54. The van der Waals surface area contributed by atoms with Gasteiger partial charge in [0.15, 0.2) is 21.3 Å². The van der Waals surface area contributed by atoms with Crippen LogP contribution in [-0.4, -0.2) is 64.1 Å². The largest absolute Gasteiger partial charge is 0.486 e. The van der Waals surface area contributed by atoms with E-state index in [-0.39, 0.29) is 17.4 Å². The maximum Gasteiger partial charge on any atom is 0.266 e. The summed E-state index contributed by atoms with van der Waals surface area (Å²) in [7, 11) is -3.15. The van der Waals surface area contributed by atoms with Gasteiger partial charge in [0.2, 0.25) is 0 Å². The number of fused-ring (bicyclic) bond motifs is 1. The first-order valence-corrected chi connectivity index (χ1v) is 14.5. The Hall–Kier alpha value is -3.15. The zero-order valence-corrected chi connectivity index (χ0v) is 21.4. The molecular weight excluding hydrogens is 518 g/mol. The van der Waals surface area contributed by atoms with Crippen molar-refractivity contribution >= 4 is 50.1 Å². The molecule has 1 aromatic heterocycles. The van der Waals surface area contributed by atoms with Crippen molar-refractivity contribution in [3.8, 4) is 28.4 Å². The smallest absolute Gasteiger partial charge is 0.266 e. The number of hydrogen-bond donors (Lipinski definition) is 0. The molecule has 2 saturated heterocycles. The second-order valence-corrected chi connectivity index (χ2v) is 12.6. The number of para-hydroxylation sites is 1. The van der Waals surface area contributed by atoms with Crippen molar-refractivity contribution in [2.24, 2.45) is 0 Å². The third-order valence-corrected chi connectivity index (χ3v) is 9.34. The van der Waals surface area contributed by atoms with Crippen LogP contribution >= 0.6 is 24.0 Å². The van der Waals surface area contributed by atoms with E-state index in [0.717, 1.165) is 16.8 Å². The lowest BCUT2D eigenvalue weighted by atomic mass is 10.1. The molecule has 184 valence electrons. The normalized spacial score (nSPS) is 21.9. The Morgan fingerprint density at radius 1 is 1.08 bits per heavy atom. The van der Waals surface area contributed by atoms with E-state index in [4.69, 9.17) is 26.8 Å². The molecule has 8 nitrogen and oxygen atoms in total. The Labute approximate surface area is 217 Å². The summed E-state index contributed by atoms with van der Waals surface area (Å²) in [6.07, 6.45) is 4.05. The van der Waals surface area contributed by atoms with Gasteiger partial charge in [-0.15, -0.1) is 0 Å². The number of sulfone groups is 1. The van der Waals surface area contributed by atoms with Crippen LogP contribution in [0, 0.1) is 0 Å². The van der Waals surface area contributed by atoms with Crippen LogP contribution in [0.25, 0.3) is 23.0 Å². The van der Waals surface area contributed by atoms with Gasteiger partial charge in [-0.25, -0.2) is 13.1 Å². The predicted molar refractivity (Wildman–Crippen MR) is 142 cm³/mol. The molecule has 4 heterocycles. The molecule has 2 fully saturated rings. The van der Waals surface area contributed by atoms with Crippen LogP contribution < -0.4 is 9.47 Å². The summed E-state index contributed by atoms with van der Waals surface area (Å²) >= 11 is 6.67. The summed E-state index contributed by atoms with van der Waals surface area (Å²) in [5, 5.41) is 4.83. The molecule has 0 saturated carbocycles. The maximum atomic E-state index is 13.3. The first-order valence-electron chi connectivity index (χ1n) is 11.4. The Balaban J connectivity index is 1.40. The molecular formula is C25H21N3O5S3. The van der Waals surface area contributed by atoms with E-state index in [1.165, 1.54) is 16.7 Å². The Kier molecular flexibility index (Phi) is 5.85. The van der Waals surface area contributed by atoms with Crippen molar-refractivity contribution < 1.29 is 22.7 Å². The Morgan fingerprint density at radius 2 is 1.86 bits per heavy atom. The summed E-state index contributed by atoms with van der Waals surface area (Å²) in [6.45, 7) is 0.978. The van der Waals surface area contributed by atoms with Gasteiger partial charge in [0, 0.05) is 17.3 Å². The van der Waals surface area contributed by atoms with Crippen LogP contribution in [0.5, 0.6) is 11.5 Å². The zero-order valence-electron chi connectivity index (χ0n) is 19.0. The Morgan fingerprint density at radius 3 is 2.61 bits per heavy atom.